The molecular weight excluding hydrogens is 288 g/mol. The maximum Gasteiger partial charge on any atom is 0.0811 e. The van der Waals surface area contributed by atoms with Crippen LogP contribution in [0, 0.1) is 0 Å². The summed E-state index contributed by atoms with van der Waals surface area (Å²) in [5.74, 6) is 5.57. The summed E-state index contributed by atoms with van der Waals surface area (Å²) in [6.45, 7) is 0. The van der Waals surface area contributed by atoms with Gasteiger partial charge in [0.2, 0.25) is 0 Å². The normalized spacial score (nSPS) is 12.9. The highest BCUT2D eigenvalue weighted by Crippen LogP contribution is 2.27. The van der Waals surface area contributed by atoms with Crippen molar-refractivity contribution in [1.29, 1.82) is 0 Å². The first-order valence-corrected chi connectivity index (χ1v) is 6.55. The van der Waals surface area contributed by atoms with E-state index < -0.39 is 0 Å². The predicted molar refractivity (Wildman–Crippen MR) is 69.0 cm³/mol. The van der Waals surface area contributed by atoms with E-state index in [1.165, 1.54) is 4.88 Å². The van der Waals surface area contributed by atoms with Crippen LogP contribution in [0.5, 0.6) is 0 Å². The van der Waals surface area contributed by atoms with Gasteiger partial charge in [-0.15, -0.1) is 11.3 Å². The summed E-state index contributed by atoms with van der Waals surface area (Å²) in [6.07, 6.45) is 2.76. The molecule has 0 radical (unpaired) electrons. The van der Waals surface area contributed by atoms with E-state index in [-0.39, 0.29) is 6.04 Å². The van der Waals surface area contributed by atoms with Crippen molar-refractivity contribution in [3.05, 3.63) is 38.8 Å². The molecule has 0 saturated carbocycles. The average Bonchev–Trinajstić information content (AvgIpc) is 2.85. The predicted octanol–water partition coefficient (Wildman–Crippen LogP) is 1.99. The highest BCUT2D eigenvalue weighted by Gasteiger charge is 2.15. The summed E-state index contributed by atoms with van der Waals surface area (Å²) in [5.41, 5.74) is 3.77. The summed E-state index contributed by atoms with van der Waals surface area (Å²) in [7, 11) is 1.90. The molecule has 2 aromatic rings. The Kier molecular flexibility index (Phi) is 3.75. The Morgan fingerprint density at radius 1 is 1.62 bits per heavy atom. The second kappa shape index (κ2) is 5.09. The molecule has 0 fully saturated rings. The number of aryl methyl sites for hydroxylation is 1. The Morgan fingerprint density at radius 3 is 2.94 bits per heavy atom. The third kappa shape index (κ3) is 2.52. The minimum absolute atomic E-state index is 0.0520. The number of rotatable bonds is 4. The molecule has 16 heavy (non-hydrogen) atoms. The summed E-state index contributed by atoms with van der Waals surface area (Å²) in [6, 6.07) is 4.08. The second-order valence-corrected chi connectivity index (χ2v) is 5.38. The largest absolute Gasteiger partial charge is 0.275 e. The molecule has 0 saturated heterocycles. The van der Waals surface area contributed by atoms with Gasteiger partial charge in [0.15, 0.2) is 0 Å². The first-order chi connectivity index (χ1) is 7.70. The quantitative estimate of drug-likeness (QED) is 0.671. The van der Waals surface area contributed by atoms with Crippen molar-refractivity contribution in [2.45, 2.75) is 12.5 Å². The lowest BCUT2D eigenvalue weighted by molar-refractivity contribution is 0.532. The summed E-state index contributed by atoms with van der Waals surface area (Å²) < 4.78 is 2.91. The van der Waals surface area contributed by atoms with Crippen LogP contribution in [0.15, 0.2) is 28.2 Å². The lowest BCUT2D eigenvalue weighted by Gasteiger charge is -2.12. The Morgan fingerprint density at radius 2 is 2.44 bits per heavy atom. The van der Waals surface area contributed by atoms with Crippen LogP contribution in [-0.2, 0) is 13.5 Å². The third-order valence-corrected chi connectivity index (χ3v) is 4.32. The molecule has 0 aliphatic heterocycles. The molecule has 4 nitrogen and oxygen atoms in total. The van der Waals surface area contributed by atoms with E-state index in [1.807, 2.05) is 25.4 Å². The lowest BCUT2D eigenvalue weighted by Crippen LogP contribution is -2.29. The van der Waals surface area contributed by atoms with Crippen LogP contribution in [-0.4, -0.2) is 9.78 Å². The summed E-state index contributed by atoms with van der Waals surface area (Å²) >= 11 is 5.24. The maximum absolute atomic E-state index is 5.57. The fourth-order valence-corrected chi connectivity index (χ4v) is 3.09. The molecule has 2 aromatic heterocycles. The molecule has 0 aliphatic carbocycles. The number of nitrogens with two attached hydrogens (primary N) is 1. The van der Waals surface area contributed by atoms with Gasteiger partial charge in [-0.25, -0.2) is 0 Å². The van der Waals surface area contributed by atoms with Crippen molar-refractivity contribution < 1.29 is 0 Å². The van der Waals surface area contributed by atoms with Gasteiger partial charge in [0.25, 0.3) is 0 Å². The van der Waals surface area contributed by atoms with Gasteiger partial charge in [0, 0.05) is 29.0 Å². The van der Waals surface area contributed by atoms with Crippen molar-refractivity contribution in [2.75, 3.05) is 0 Å². The molecule has 1 unspecified atom stereocenters. The number of aromatic nitrogens is 2. The molecular formula is C10H13BrN4S. The van der Waals surface area contributed by atoms with Crippen LogP contribution >= 0.6 is 27.3 Å². The van der Waals surface area contributed by atoms with E-state index in [2.05, 4.69) is 31.8 Å². The number of hydrogen-bond donors (Lipinski definition) is 2. The zero-order valence-electron chi connectivity index (χ0n) is 8.85. The first-order valence-electron chi connectivity index (χ1n) is 4.88. The highest BCUT2D eigenvalue weighted by atomic mass is 79.9. The highest BCUT2D eigenvalue weighted by molar-refractivity contribution is 9.10. The van der Waals surface area contributed by atoms with Gasteiger partial charge < -0.3 is 0 Å². The number of nitrogens with one attached hydrogen (secondary N) is 1. The second-order valence-electron chi connectivity index (χ2n) is 3.53. The minimum Gasteiger partial charge on any atom is -0.275 e. The van der Waals surface area contributed by atoms with Crippen molar-refractivity contribution in [2.24, 2.45) is 12.9 Å². The van der Waals surface area contributed by atoms with E-state index in [0.29, 0.717) is 0 Å². The van der Waals surface area contributed by atoms with E-state index >= 15 is 0 Å². The van der Waals surface area contributed by atoms with Gasteiger partial charge in [0.1, 0.15) is 0 Å². The van der Waals surface area contributed by atoms with Crippen LogP contribution in [0.4, 0.5) is 0 Å². The number of halogens is 1. The van der Waals surface area contributed by atoms with Gasteiger partial charge >= 0.3 is 0 Å². The standard InChI is InChI=1S/C10H13BrN4S/c1-15-4-2-8(14-15)9(13-12)6-10-7(11)3-5-16-10/h2-5,9,13H,6,12H2,1H3. The lowest BCUT2D eigenvalue weighted by atomic mass is 10.1. The number of thiophene rings is 1. The van der Waals surface area contributed by atoms with Crippen molar-refractivity contribution in [1.82, 2.24) is 15.2 Å². The molecule has 86 valence electrons. The van der Waals surface area contributed by atoms with E-state index in [1.54, 1.807) is 16.0 Å². The van der Waals surface area contributed by atoms with Crippen LogP contribution < -0.4 is 11.3 Å². The zero-order valence-corrected chi connectivity index (χ0v) is 11.3. The minimum atomic E-state index is 0.0520. The van der Waals surface area contributed by atoms with Gasteiger partial charge in [-0.1, -0.05) is 0 Å². The number of nitrogens with zero attached hydrogens (tertiary/aromatic N) is 2. The third-order valence-electron chi connectivity index (χ3n) is 2.37. The fraction of sp³-hybridized carbons (Fsp3) is 0.300. The topological polar surface area (TPSA) is 55.9 Å². The van der Waals surface area contributed by atoms with E-state index in [9.17, 15) is 0 Å². The molecule has 0 aromatic carbocycles. The van der Waals surface area contributed by atoms with E-state index in [4.69, 9.17) is 5.84 Å². The van der Waals surface area contributed by atoms with Crippen LogP contribution in [0.2, 0.25) is 0 Å². The first kappa shape index (κ1) is 11.8. The molecule has 0 aliphatic rings. The smallest absolute Gasteiger partial charge is 0.0811 e. The Hall–Kier alpha value is -0.690. The number of hydrogen-bond acceptors (Lipinski definition) is 4. The van der Waals surface area contributed by atoms with Crippen molar-refractivity contribution >= 4 is 27.3 Å². The molecule has 0 spiro atoms. The van der Waals surface area contributed by atoms with Crippen molar-refractivity contribution in [3.8, 4) is 0 Å². The van der Waals surface area contributed by atoms with Gasteiger partial charge in [-0.3, -0.25) is 16.0 Å². The van der Waals surface area contributed by atoms with Crippen molar-refractivity contribution in [3.63, 3.8) is 0 Å². The SMILES string of the molecule is Cn1ccc(C(Cc2sccc2Br)NN)n1. The van der Waals surface area contributed by atoms with Crippen LogP contribution in [0.1, 0.15) is 16.6 Å². The molecule has 2 rings (SSSR count). The molecule has 3 N–H and O–H groups in total. The molecule has 0 amide bonds. The zero-order chi connectivity index (χ0) is 11.5. The van der Waals surface area contributed by atoms with Gasteiger partial charge in [-0.2, -0.15) is 5.10 Å². The molecule has 6 heteroatoms. The van der Waals surface area contributed by atoms with Crippen LogP contribution in [0.3, 0.4) is 0 Å². The summed E-state index contributed by atoms with van der Waals surface area (Å²) in [4.78, 5) is 1.27. The molecule has 2 heterocycles. The maximum atomic E-state index is 5.57. The van der Waals surface area contributed by atoms with Crippen LogP contribution in [0.25, 0.3) is 0 Å². The van der Waals surface area contributed by atoms with Gasteiger partial charge in [-0.05, 0) is 33.4 Å². The summed E-state index contributed by atoms with van der Waals surface area (Å²) in [5, 5.41) is 6.42. The fourth-order valence-electron chi connectivity index (χ4n) is 1.52. The monoisotopic (exact) mass is 300 g/mol. The van der Waals surface area contributed by atoms with E-state index in [0.717, 1.165) is 16.6 Å². The number of hydrazine groups is 1. The molecule has 1 atom stereocenters. The molecule has 0 bridgehead atoms. The Balaban J connectivity index is 2.15. The Bertz CT molecular complexity index is 465. The average molecular weight is 301 g/mol. The van der Waals surface area contributed by atoms with Gasteiger partial charge in [0.05, 0.1) is 11.7 Å². The Labute approximate surface area is 107 Å².